The number of carbonyl (C=O) groups excluding carboxylic acids is 1. The molecule has 2 aromatic carbocycles. The molecule has 32 heavy (non-hydrogen) atoms. The third-order valence-electron chi connectivity index (χ3n) is 5.44. The Balaban J connectivity index is 2.13. The van der Waals surface area contributed by atoms with Crippen LogP contribution in [0.5, 0.6) is 5.75 Å². The SMILES string of the molecule is CCN(CC)CCN(C(=O)c1ccccc1S(C)(=O)=O)c1nc2c(OC)ccc(C)c2s1. The molecule has 0 spiro atoms. The number of fused-ring (bicyclic) bond motifs is 1. The Bertz CT molecular complexity index is 1220. The van der Waals surface area contributed by atoms with Crippen LogP contribution in [0.2, 0.25) is 0 Å². The first kappa shape index (κ1) is 24.2. The van der Waals surface area contributed by atoms with E-state index in [4.69, 9.17) is 9.72 Å². The van der Waals surface area contributed by atoms with E-state index in [1.807, 2.05) is 19.1 Å². The zero-order valence-electron chi connectivity index (χ0n) is 19.1. The first-order valence-electron chi connectivity index (χ1n) is 10.5. The minimum Gasteiger partial charge on any atom is -0.494 e. The smallest absolute Gasteiger partial charge is 0.261 e. The molecule has 0 radical (unpaired) electrons. The summed E-state index contributed by atoms with van der Waals surface area (Å²) in [5, 5.41) is 0.521. The van der Waals surface area contributed by atoms with Gasteiger partial charge in [0.05, 0.1) is 22.3 Å². The van der Waals surface area contributed by atoms with Crippen molar-refractivity contribution >= 4 is 42.4 Å². The van der Waals surface area contributed by atoms with E-state index < -0.39 is 9.84 Å². The van der Waals surface area contributed by atoms with Crippen molar-refractivity contribution in [2.45, 2.75) is 25.7 Å². The number of amides is 1. The van der Waals surface area contributed by atoms with E-state index >= 15 is 0 Å². The van der Waals surface area contributed by atoms with Crippen LogP contribution in [0.1, 0.15) is 29.8 Å². The van der Waals surface area contributed by atoms with Gasteiger partial charge < -0.3 is 9.64 Å². The minimum absolute atomic E-state index is 0.0210. The Kier molecular flexibility index (Phi) is 7.53. The first-order chi connectivity index (χ1) is 15.2. The van der Waals surface area contributed by atoms with Gasteiger partial charge in [0.25, 0.3) is 5.91 Å². The van der Waals surface area contributed by atoms with Crippen LogP contribution < -0.4 is 9.64 Å². The van der Waals surface area contributed by atoms with Crippen molar-refractivity contribution in [1.29, 1.82) is 0 Å². The van der Waals surface area contributed by atoms with Crippen molar-refractivity contribution in [1.82, 2.24) is 9.88 Å². The summed E-state index contributed by atoms with van der Waals surface area (Å²) in [5.41, 5.74) is 1.89. The van der Waals surface area contributed by atoms with Crippen LogP contribution in [0.15, 0.2) is 41.3 Å². The molecule has 0 saturated heterocycles. The van der Waals surface area contributed by atoms with Crippen molar-refractivity contribution in [2.24, 2.45) is 0 Å². The molecule has 1 aromatic heterocycles. The highest BCUT2D eigenvalue weighted by Crippen LogP contribution is 2.37. The highest BCUT2D eigenvalue weighted by Gasteiger charge is 2.27. The number of nitrogens with zero attached hydrogens (tertiary/aromatic N) is 3. The molecule has 1 heterocycles. The maximum absolute atomic E-state index is 13.7. The van der Waals surface area contributed by atoms with Gasteiger partial charge in [-0.3, -0.25) is 9.69 Å². The third kappa shape index (κ3) is 4.95. The van der Waals surface area contributed by atoms with Gasteiger partial charge in [0.1, 0.15) is 11.3 Å². The molecule has 0 aliphatic heterocycles. The minimum atomic E-state index is -3.57. The topological polar surface area (TPSA) is 79.8 Å². The fourth-order valence-electron chi connectivity index (χ4n) is 3.56. The number of benzene rings is 2. The van der Waals surface area contributed by atoms with Gasteiger partial charge in [-0.15, -0.1) is 0 Å². The van der Waals surface area contributed by atoms with Gasteiger partial charge in [0, 0.05) is 19.3 Å². The molecule has 0 unspecified atom stereocenters. The normalized spacial score (nSPS) is 11.8. The number of likely N-dealkylation sites (N-methyl/N-ethyl adjacent to an activating group) is 1. The van der Waals surface area contributed by atoms with E-state index in [0.29, 0.717) is 29.5 Å². The second-order valence-electron chi connectivity index (χ2n) is 7.51. The van der Waals surface area contributed by atoms with Crippen LogP contribution in [-0.2, 0) is 9.84 Å². The Morgan fingerprint density at radius 1 is 1.09 bits per heavy atom. The average Bonchev–Trinajstić information content (AvgIpc) is 3.22. The molecular weight excluding hydrogens is 446 g/mol. The lowest BCUT2D eigenvalue weighted by molar-refractivity contribution is 0.0980. The molecule has 0 saturated carbocycles. The van der Waals surface area contributed by atoms with E-state index in [-0.39, 0.29) is 16.4 Å². The summed E-state index contributed by atoms with van der Waals surface area (Å²) in [4.78, 5) is 22.3. The van der Waals surface area contributed by atoms with Crippen LogP contribution >= 0.6 is 11.3 Å². The molecule has 0 aliphatic rings. The maximum Gasteiger partial charge on any atom is 0.261 e. The quantitative estimate of drug-likeness (QED) is 0.465. The lowest BCUT2D eigenvalue weighted by Gasteiger charge is -2.25. The number of thiazole rings is 1. The van der Waals surface area contributed by atoms with Gasteiger partial charge in [-0.05, 0) is 43.8 Å². The van der Waals surface area contributed by atoms with Crippen molar-refractivity contribution < 1.29 is 17.9 Å². The highest BCUT2D eigenvalue weighted by molar-refractivity contribution is 7.90. The summed E-state index contributed by atoms with van der Waals surface area (Å²) >= 11 is 1.41. The fourth-order valence-corrected chi connectivity index (χ4v) is 5.51. The van der Waals surface area contributed by atoms with Crippen LogP contribution in [0.4, 0.5) is 5.13 Å². The molecule has 0 fully saturated rings. The molecule has 7 nitrogen and oxygen atoms in total. The summed E-state index contributed by atoms with van der Waals surface area (Å²) in [6, 6.07) is 10.2. The summed E-state index contributed by atoms with van der Waals surface area (Å²) in [7, 11) is -1.98. The van der Waals surface area contributed by atoms with E-state index in [2.05, 4.69) is 18.7 Å². The number of anilines is 1. The molecular formula is C23H29N3O4S2. The van der Waals surface area contributed by atoms with Crippen LogP contribution in [0.3, 0.4) is 0 Å². The van der Waals surface area contributed by atoms with Crippen LogP contribution in [0, 0.1) is 6.92 Å². The number of sulfone groups is 1. The Hall–Kier alpha value is -2.49. The molecule has 0 atom stereocenters. The van der Waals surface area contributed by atoms with Gasteiger partial charge in [-0.1, -0.05) is 43.4 Å². The van der Waals surface area contributed by atoms with Gasteiger partial charge >= 0.3 is 0 Å². The van der Waals surface area contributed by atoms with E-state index in [0.717, 1.165) is 29.6 Å². The summed E-state index contributed by atoms with van der Waals surface area (Å²) in [6.07, 6.45) is 1.12. The monoisotopic (exact) mass is 475 g/mol. The lowest BCUT2D eigenvalue weighted by Crippen LogP contribution is -2.39. The van der Waals surface area contributed by atoms with Crippen LogP contribution in [0.25, 0.3) is 10.2 Å². The number of rotatable bonds is 9. The zero-order valence-corrected chi connectivity index (χ0v) is 20.7. The van der Waals surface area contributed by atoms with Gasteiger partial charge in [-0.2, -0.15) is 0 Å². The fraction of sp³-hybridized carbons (Fsp3) is 0.391. The third-order valence-corrected chi connectivity index (χ3v) is 7.81. The first-order valence-corrected chi connectivity index (χ1v) is 13.2. The molecule has 172 valence electrons. The summed E-state index contributed by atoms with van der Waals surface area (Å²) in [6.45, 7) is 8.87. The second-order valence-corrected chi connectivity index (χ2v) is 10.5. The Labute approximate surface area is 193 Å². The molecule has 9 heteroatoms. The number of aromatic nitrogens is 1. The van der Waals surface area contributed by atoms with Crippen molar-refractivity contribution in [3.05, 3.63) is 47.5 Å². The lowest BCUT2D eigenvalue weighted by atomic mass is 10.2. The average molecular weight is 476 g/mol. The number of aryl methyl sites for hydroxylation is 1. The summed E-state index contributed by atoms with van der Waals surface area (Å²) < 4.78 is 31.1. The second kappa shape index (κ2) is 9.97. The molecule has 0 N–H and O–H groups in total. The number of methoxy groups -OCH3 is 1. The Morgan fingerprint density at radius 3 is 2.41 bits per heavy atom. The van der Waals surface area contributed by atoms with Crippen molar-refractivity contribution in [2.75, 3.05) is 44.4 Å². The molecule has 0 aliphatic carbocycles. The molecule has 1 amide bonds. The number of carbonyl (C=O) groups is 1. The van der Waals surface area contributed by atoms with Crippen molar-refractivity contribution in [3.8, 4) is 5.75 Å². The standard InChI is InChI=1S/C23H29N3O4S2/c1-6-25(7-2)14-15-26(22(27)17-10-8-9-11-19(17)32(5,28)29)23-24-20-18(30-4)13-12-16(3)21(20)31-23/h8-13H,6-7,14-15H2,1-5H3. The molecule has 3 rings (SSSR count). The molecule has 3 aromatic rings. The predicted octanol–water partition coefficient (Wildman–Crippen LogP) is 4.01. The number of hydrogen-bond donors (Lipinski definition) is 0. The maximum atomic E-state index is 13.7. The van der Waals surface area contributed by atoms with E-state index in [9.17, 15) is 13.2 Å². The van der Waals surface area contributed by atoms with Gasteiger partial charge in [0.2, 0.25) is 0 Å². The predicted molar refractivity (Wildman–Crippen MR) is 130 cm³/mol. The largest absolute Gasteiger partial charge is 0.494 e. The molecule has 0 bridgehead atoms. The van der Waals surface area contributed by atoms with Gasteiger partial charge in [-0.25, -0.2) is 13.4 Å². The van der Waals surface area contributed by atoms with E-state index in [1.54, 1.807) is 30.2 Å². The van der Waals surface area contributed by atoms with Crippen molar-refractivity contribution in [3.63, 3.8) is 0 Å². The van der Waals surface area contributed by atoms with Gasteiger partial charge in [0.15, 0.2) is 15.0 Å². The summed E-state index contributed by atoms with van der Waals surface area (Å²) in [5.74, 6) is 0.259. The Morgan fingerprint density at radius 2 is 1.78 bits per heavy atom. The zero-order chi connectivity index (χ0) is 23.5. The number of ether oxygens (including phenoxy) is 1. The van der Waals surface area contributed by atoms with Crippen LogP contribution in [-0.4, -0.2) is 63.8 Å². The highest BCUT2D eigenvalue weighted by atomic mass is 32.2. The number of hydrogen-bond acceptors (Lipinski definition) is 7. The van der Waals surface area contributed by atoms with E-state index in [1.165, 1.54) is 17.4 Å².